The standard InChI is InChI=1S/C30H34F7N3O3/c1-18-11-22(31)3-4-24(18)26-16-40(23-5-8-39(9-6-23)27(42)17-41)10-7-25(26)28(43)38(2)15-19-12-20(29(32,33)34)14-21(13-19)30(35,36)37/h3-4,11-14,23,25-26,41H,5-10,15-17H2,1-2H3. The summed E-state index contributed by atoms with van der Waals surface area (Å²) in [4.78, 5) is 30.6. The Hall–Kier alpha value is -3.19. The highest BCUT2D eigenvalue weighted by Crippen LogP contribution is 2.39. The number of carbonyl (C=O) groups excluding carboxylic acids is 2. The fourth-order valence-electron chi connectivity index (χ4n) is 6.30. The zero-order valence-corrected chi connectivity index (χ0v) is 23.8. The summed E-state index contributed by atoms with van der Waals surface area (Å²) < 4.78 is 94.3. The molecule has 0 aliphatic carbocycles. The second-order valence-electron chi connectivity index (χ2n) is 11.4. The number of alkyl halides is 6. The molecule has 2 aliphatic rings. The Morgan fingerprint density at radius 1 is 0.930 bits per heavy atom. The highest BCUT2D eigenvalue weighted by atomic mass is 19.4. The Labute approximate surface area is 245 Å². The van der Waals surface area contributed by atoms with Crippen molar-refractivity contribution < 1.29 is 45.4 Å². The summed E-state index contributed by atoms with van der Waals surface area (Å²) in [5.41, 5.74) is -1.82. The number of carbonyl (C=O) groups is 2. The van der Waals surface area contributed by atoms with E-state index in [1.807, 2.05) is 0 Å². The normalized spacial score (nSPS) is 20.7. The van der Waals surface area contributed by atoms with Crippen molar-refractivity contribution in [2.45, 2.75) is 57.0 Å². The predicted molar refractivity (Wildman–Crippen MR) is 143 cm³/mol. The molecule has 2 amide bonds. The molecule has 4 rings (SSSR count). The number of aliphatic hydroxyl groups excluding tert-OH is 1. The Kier molecular flexibility index (Phi) is 9.75. The van der Waals surface area contributed by atoms with Gasteiger partial charge in [0.25, 0.3) is 0 Å². The molecule has 2 fully saturated rings. The lowest BCUT2D eigenvalue weighted by molar-refractivity contribution is -0.143. The van der Waals surface area contributed by atoms with Crippen molar-refractivity contribution in [1.82, 2.24) is 14.7 Å². The maximum atomic E-state index is 14.0. The van der Waals surface area contributed by atoms with Gasteiger partial charge in [-0.2, -0.15) is 26.3 Å². The lowest BCUT2D eigenvalue weighted by Gasteiger charge is -2.45. The predicted octanol–water partition coefficient (Wildman–Crippen LogP) is 5.22. The number of halogens is 7. The number of benzene rings is 2. The number of piperidine rings is 2. The summed E-state index contributed by atoms with van der Waals surface area (Å²) in [6, 6.07) is 5.68. The molecule has 2 saturated heterocycles. The first-order chi connectivity index (χ1) is 20.1. The van der Waals surface area contributed by atoms with Gasteiger partial charge in [-0.05, 0) is 79.8 Å². The van der Waals surface area contributed by atoms with Crippen LogP contribution >= 0.6 is 0 Å². The molecule has 2 heterocycles. The average molecular weight is 618 g/mol. The van der Waals surface area contributed by atoms with Crippen molar-refractivity contribution >= 4 is 11.8 Å². The van der Waals surface area contributed by atoms with Gasteiger partial charge in [-0.25, -0.2) is 4.39 Å². The molecule has 2 aromatic rings. The third kappa shape index (κ3) is 7.67. The van der Waals surface area contributed by atoms with Crippen LogP contribution in [0, 0.1) is 18.7 Å². The van der Waals surface area contributed by atoms with Crippen LogP contribution in [0.25, 0.3) is 0 Å². The van der Waals surface area contributed by atoms with Crippen molar-refractivity contribution in [3.63, 3.8) is 0 Å². The summed E-state index contributed by atoms with van der Waals surface area (Å²) in [5, 5.41) is 9.16. The number of likely N-dealkylation sites (tertiary alicyclic amines) is 2. The fraction of sp³-hybridized carbons (Fsp3) is 0.533. The quantitative estimate of drug-likeness (QED) is 0.452. The van der Waals surface area contributed by atoms with Gasteiger partial charge in [-0.15, -0.1) is 0 Å². The summed E-state index contributed by atoms with van der Waals surface area (Å²) in [5.74, 6) is -2.26. The van der Waals surface area contributed by atoms with E-state index in [1.165, 1.54) is 19.2 Å². The molecular weight excluding hydrogens is 583 g/mol. The van der Waals surface area contributed by atoms with Gasteiger partial charge < -0.3 is 14.9 Å². The molecule has 0 bridgehead atoms. The van der Waals surface area contributed by atoms with Gasteiger partial charge in [0, 0.05) is 51.1 Å². The first-order valence-electron chi connectivity index (χ1n) is 14.0. The summed E-state index contributed by atoms with van der Waals surface area (Å²) in [6.07, 6.45) is -8.31. The molecule has 2 aliphatic heterocycles. The van der Waals surface area contributed by atoms with E-state index in [2.05, 4.69) is 4.90 Å². The Balaban J connectivity index is 1.57. The fourth-order valence-corrected chi connectivity index (χ4v) is 6.30. The van der Waals surface area contributed by atoms with Crippen LogP contribution < -0.4 is 0 Å². The van der Waals surface area contributed by atoms with Gasteiger partial charge in [0.2, 0.25) is 11.8 Å². The van der Waals surface area contributed by atoms with Gasteiger partial charge in [0.05, 0.1) is 11.1 Å². The second kappa shape index (κ2) is 12.8. The molecule has 2 unspecified atom stereocenters. The smallest absolute Gasteiger partial charge is 0.387 e. The molecule has 236 valence electrons. The molecule has 0 spiro atoms. The first kappa shape index (κ1) is 32.7. The number of hydrogen-bond acceptors (Lipinski definition) is 4. The van der Waals surface area contributed by atoms with Crippen molar-refractivity contribution in [2.75, 3.05) is 39.8 Å². The molecule has 6 nitrogen and oxygen atoms in total. The third-order valence-corrected chi connectivity index (χ3v) is 8.51. The van der Waals surface area contributed by atoms with E-state index in [0.717, 1.165) is 10.5 Å². The molecule has 1 N–H and O–H groups in total. The van der Waals surface area contributed by atoms with Gasteiger partial charge in [-0.1, -0.05) is 6.07 Å². The molecule has 2 aromatic carbocycles. The largest absolute Gasteiger partial charge is 0.416 e. The van der Waals surface area contributed by atoms with Crippen LogP contribution in [0.15, 0.2) is 36.4 Å². The molecule has 0 radical (unpaired) electrons. The summed E-state index contributed by atoms with van der Waals surface area (Å²) in [6.45, 7) is 2.60. The Morgan fingerprint density at radius 2 is 1.53 bits per heavy atom. The minimum atomic E-state index is -5.00. The number of hydrogen-bond donors (Lipinski definition) is 1. The average Bonchev–Trinajstić information content (AvgIpc) is 2.95. The number of nitrogens with zero attached hydrogens (tertiary/aromatic N) is 3. The van der Waals surface area contributed by atoms with Crippen LogP contribution in [0.4, 0.5) is 30.7 Å². The van der Waals surface area contributed by atoms with Crippen molar-refractivity contribution in [3.8, 4) is 0 Å². The molecule has 0 saturated carbocycles. The van der Waals surface area contributed by atoms with Gasteiger partial charge >= 0.3 is 12.4 Å². The van der Waals surface area contributed by atoms with E-state index >= 15 is 0 Å². The topological polar surface area (TPSA) is 64.1 Å². The monoisotopic (exact) mass is 617 g/mol. The lowest BCUT2D eigenvalue weighted by atomic mass is 9.77. The van der Waals surface area contributed by atoms with Crippen molar-refractivity contribution in [3.05, 3.63) is 70.0 Å². The van der Waals surface area contributed by atoms with Gasteiger partial charge in [0.15, 0.2) is 0 Å². The zero-order chi connectivity index (χ0) is 31.7. The van der Waals surface area contributed by atoms with Crippen molar-refractivity contribution in [2.24, 2.45) is 5.92 Å². The van der Waals surface area contributed by atoms with Crippen LogP contribution in [0.3, 0.4) is 0 Å². The van der Waals surface area contributed by atoms with Gasteiger partial charge in [0.1, 0.15) is 12.4 Å². The van der Waals surface area contributed by atoms with E-state index in [0.29, 0.717) is 63.1 Å². The van der Waals surface area contributed by atoms with Crippen LogP contribution in [0.1, 0.15) is 53.0 Å². The van der Waals surface area contributed by atoms with E-state index in [9.17, 15) is 40.3 Å². The Bertz CT molecular complexity index is 1290. The van der Waals surface area contributed by atoms with Gasteiger partial charge in [-0.3, -0.25) is 14.5 Å². The van der Waals surface area contributed by atoms with E-state index in [4.69, 9.17) is 5.11 Å². The van der Waals surface area contributed by atoms with E-state index in [1.54, 1.807) is 17.9 Å². The van der Waals surface area contributed by atoms with E-state index < -0.39 is 60.2 Å². The molecule has 43 heavy (non-hydrogen) atoms. The minimum Gasteiger partial charge on any atom is -0.387 e. The van der Waals surface area contributed by atoms with Crippen LogP contribution in [0.2, 0.25) is 0 Å². The Morgan fingerprint density at radius 3 is 2.07 bits per heavy atom. The molecule has 2 atom stereocenters. The van der Waals surface area contributed by atoms with Crippen LogP contribution in [-0.4, -0.2) is 77.5 Å². The lowest BCUT2D eigenvalue weighted by Crippen LogP contribution is -2.52. The molecular formula is C30H34F7N3O3. The first-order valence-corrected chi connectivity index (χ1v) is 14.0. The minimum absolute atomic E-state index is 0.0541. The van der Waals surface area contributed by atoms with Crippen LogP contribution in [0.5, 0.6) is 0 Å². The zero-order valence-electron chi connectivity index (χ0n) is 23.8. The molecule has 0 aromatic heterocycles. The third-order valence-electron chi connectivity index (χ3n) is 8.51. The maximum Gasteiger partial charge on any atom is 0.416 e. The number of rotatable bonds is 6. The number of aliphatic hydroxyl groups is 1. The number of aryl methyl sites for hydroxylation is 1. The summed E-state index contributed by atoms with van der Waals surface area (Å²) >= 11 is 0. The molecule has 13 heteroatoms. The SMILES string of the molecule is Cc1cc(F)ccc1C1CN(C2CCN(C(=O)CO)CC2)CCC1C(=O)N(C)Cc1cc(C(F)(F)F)cc(C(F)(F)F)c1. The van der Waals surface area contributed by atoms with Crippen molar-refractivity contribution in [1.29, 1.82) is 0 Å². The highest BCUT2D eigenvalue weighted by Gasteiger charge is 2.41. The summed E-state index contributed by atoms with van der Waals surface area (Å²) in [7, 11) is 1.35. The second-order valence-corrected chi connectivity index (χ2v) is 11.4. The number of amides is 2. The highest BCUT2D eigenvalue weighted by molar-refractivity contribution is 5.80. The van der Waals surface area contributed by atoms with Crippen LogP contribution in [-0.2, 0) is 28.5 Å². The maximum absolute atomic E-state index is 14.0. The van der Waals surface area contributed by atoms with E-state index in [-0.39, 0.29) is 23.6 Å².